The lowest BCUT2D eigenvalue weighted by Crippen LogP contribution is -2.29. The standard InChI is InChI=1S/C21H16ClN7O/c1-2-24-21(30)28-20-16(10-23)26-19(18(27-20)12-6-4-3-5-7-12)13-8-14-11-25-29-17(14)15(22)9-13/h3-9,11H,2H2,1H3,(H,25,29)(H2,24,27,28,30). The number of nitrogens with one attached hydrogen (secondary N) is 3. The predicted octanol–water partition coefficient (Wildman–Crippen LogP) is 4.35. The van der Waals surface area contributed by atoms with Gasteiger partial charge in [-0.1, -0.05) is 41.9 Å². The van der Waals surface area contributed by atoms with Crippen molar-refractivity contribution in [3.05, 3.63) is 59.4 Å². The number of nitrogens with zero attached hydrogens (tertiary/aromatic N) is 4. The van der Waals surface area contributed by atoms with Gasteiger partial charge in [-0.05, 0) is 19.1 Å². The number of H-pyrrole nitrogens is 1. The van der Waals surface area contributed by atoms with Gasteiger partial charge in [-0.15, -0.1) is 0 Å². The number of benzene rings is 2. The summed E-state index contributed by atoms with van der Waals surface area (Å²) in [5.74, 6) is 0.0848. The Morgan fingerprint density at radius 3 is 2.67 bits per heavy atom. The Balaban J connectivity index is 1.94. The molecular formula is C21H16ClN7O. The summed E-state index contributed by atoms with van der Waals surface area (Å²) in [7, 11) is 0. The molecule has 2 aromatic carbocycles. The van der Waals surface area contributed by atoms with Crippen LogP contribution in [0, 0.1) is 11.3 Å². The number of urea groups is 1. The molecule has 3 N–H and O–H groups in total. The third-order valence-electron chi connectivity index (χ3n) is 4.39. The minimum absolute atomic E-state index is 0.000604. The van der Waals surface area contributed by atoms with Gasteiger partial charge >= 0.3 is 6.03 Å². The van der Waals surface area contributed by atoms with E-state index < -0.39 is 6.03 Å². The first-order valence-corrected chi connectivity index (χ1v) is 9.54. The number of fused-ring (bicyclic) bond motifs is 1. The molecular weight excluding hydrogens is 402 g/mol. The van der Waals surface area contributed by atoms with Crippen molar-refractivity contribution in [3.63, 3.8) is 0 Å². The fourth-order valence-corrected chi connectivity index (χ4v) is 3.33. The molecule has 2 heterocycles. The number of aromatic nitrogens is 4. The van der Waals surface area contributed by atoms with Crippen LogP contribution in [0.15, 0.2) is 48.7 Å². The van der Waals surface area contributed by atoms with Gasteiger partial charge < -0.3 is 5.32 Å². The number of anilines is 1. The van der Waals surface area contributed by atoms with Gasteiger partial charge in [0.15, 0.2) is 11.5 Å². The van der Waals surface area contributed by atoms with Gasteiger partial charge in [0.25, 0.3) is 0 Å². The van der Waals surface area contributed by atoms with Crippen molar-refractivity contribution in [1.82, 2.24) is 25.5 Å². The molecule has 4 rings (SSSR count). The van der Waals surface area contributed by atoms with E-state index >= 15 is 0 Å². The summed E-state index contributed by atoms with van der Waals surface area (Å²) in [4.78, 5) is 21.1. The van der Waals surface area contributed by atoms with Gasteiger partial charge in [-0.25, -0.2) is 14.8 Å². The molecule has 30 heavy (non-hydrogen) atoms. The van der Waals surface area contributed by atoms with E-state index in [1.54, 1.807) is 19.2 Å². The summed E-state index contributed by atoms with van der Waals surface area (Å²) >= 11 is 6.41. The van der Waals surface area contributed by atoms with E-state index in [1.165, 1.54) is 0 Å². The summed E-state index contributed by atoms with van der Waals surface area (Å²) in [6.45, 7) is 2.23. The van der Waals surface area contributed by atoms with Crippen LogP contribution in [0.1, 0.15) is 12.6 Å². The number of nitriles is 1. The molecule has 0 fully saturated rings. The van der Waals surface area contributed by atoms with Gasteiger partial charge in [-0.3, -0.25) is 10.4 Å². The maximum Gasteiger partial charge on any atom is 0.320 e. The van der Waals surface area contributed by atoms with Crippen molar-refractivity contribution in [1.29, 1.82) is 5.26 Å². The van der Waals surface area contributed by atoms with Crippen molar-refractivity contribution in [2.45, 2.75) is 6.92 Å². The number of aromatic amines is 1. The van der Waals surface area contributed by atoms with E-state index in [1.807, 2.05) is 42.5 Å². The highest BCUT2D eigenvalue weighted by Crippen LogP contribution is 2.35. The molecule has 0 aliphatic carbocycles. The second-order valence-corrected chi connectivity index (χ2v) is 6.78. The number of amides is 2. The summed E-state index contributed by atoms with van der Waals surface area (Å²) in [6, 6.07) is 14.6. The third-order valence-corrected chi connectivity index (χ3v) is 4.69. The molecule has 148 valence electrons. The van der Waals surface area contributed by atoms with Crippen molar-refractivity contribution in [2.24, 2.45) is 0 Å². The van der Waals surface area contributed by atoms with E-state index in [-0.39, 0.29) is 11.5 Å². The maximum absolute atomic E-state index is 12.0. The summed E-state index contributed by atoms with van der Waals surface area (Å²) in [5, 5.41) is 23.0. The topological polar surface area (TPSA) is 119 Å². The Labute approximate surface area is 176 Å². The molecule has 4 aromatic rings. The molecule has 0 atom stereocenters. The third kappa shape index (κ3) is 3.66. The van der Waals surface area contributed by atoms with Crippen LogP contribution in [0.5, 0.6) is 0 Å². The van der Waals surface area contributed by atoms with Crippen LogP contribution in [0.3, 0.4) is 0 Å². The first-order valence-electron chi connectivity index (χ1n) is 9.16. The molecule has 2 amide bonds. The highest BCUT2D eigenvalue weighted by Gasteiger charge is 2.19. The molecule has 0 radical (unpaired) electrons. The Kier molecular flexibility index (Phi) is 5.28. The Hall–Kier alpha value is -3.96. The molecule has 0 aliphatic rings. The molecule has 0 saturated carbocycles. The minimum Gasteiger partial charge on any atom is -0.338 e. The second kappa shape index (κ2) is 8.19. The van der Waals surface area contributed by atoms with Crippen molar-refractivity contribution in [2.75, 3.05) is 11.9 Å². The largest absolute Gasteiger partial charge is 0.338 e. The van der Waals surface area contributed by atoms with E-state index in [0.717, 1.165) is 10.9 Å². The molecule has 0 aliphatic heterocycles. The lowest BCUT2D eigenvalue weighted by molar-refractivity contribution is 0.252. The first kappa shape index (κ1) is 19.4. The normalized spacial score (nSPS) is 10.6. The van der Waals surface area contributed by atoms with Gasteiger partial charge in [0, 0.05) is 23.1 Å². The quantitative estimate of drug-likeness (QED) is 0.456. The number of rotatable bonds is 4. The van der Waals surface area contributed by atoms with E-state index in [0.29, 0.717) is 34.0 Å². The molecule has 0 saturated heterocycles. The number of carbonyl (C=O) groups excluding carboxylic acids is 1. The van der Waals surface area contributed by atoms with Crippen LogP contribution in [0.4, 0.5) is 10.6 Å². The smallest absolute Gasteiger partial charge is 0.320 e. The molecule has 0 bridgehead atoms. The van der Waals surface area contributed by atoms with Gasteiger partial charge in [0.05, 0.1) is 28.1 Å². The van der Waals surface area contributed by atoms with Gasteiger partial charge in [0.1, 0.15) is 6.07 Å². The average Bonchev–Trinajstić information content (AvgIpc) is 3.23. The highest BCUT2D eigenvalue weighted by molar-refractivity contribution is 6.35. The van der Waals surface area contributed by atoms with Gasteiger partial charge in [-0.2, -0.15) is 10.4 Å². The average molecular weight is 418 g/mol. The van der Waals surface area contributed by atoms with Crippen LogP contribution in [0.25, 0.3) is 33.4 Å². The zero-order valence-corrected chi connectivity index (χ0v) is 16.7. The SMILES string of the molecule is CCNC(=O)Nc1nc(-c2ccccc2)c(-c2cc(Cl)c3[nH]ncc3c2)nc1C#N. The lowest BCUT2D eigenvalue weighted by Gasteiger charge is -2.13. The zero-order valence-electron chi connectivity index (χ0n) is 15.9. The fraction of sp³-hybridized carbons (Fsp3) is 0.0952. The summed E-state index contributed by atoms with van der Waals surface area (Å²) in [6.07, 6.45) is 1.66. The second-order valence-electron chi connectivity index (χ2n) is 6.37. The van der Waals surface area contributed by atoms with Crippen LogP contribution in [-0.2, 0) is 0 Å². The number of hydrogen-bond donors (Lipinski definition) is 3. The summed E-state index contributed by atoms with van der Waals surface area (Å²) < 4.78 is 0. The molecule has 8 nitrogen and oxygen atoms in total. The predicted molar refractivity (Wildman–Crippen MR) is 115 cm³/mol. The van der Waals surface area contributed by atoms with Crippen LogP contribution in [0.2, 0.25) is 5.02 Å². The number of carbonyl (C=O) groups is 1. The Morgan fingerprint density at radius 1 is 1.17 bits per heavy atom. The lowest BCUT2D eigenvalue weighted by atomic mass is 10.0. The molecule has 0 unspecified atom stereocenters. The van der Waals surface area contributed by atoms with Crippen molar-refractivity contribution < 1.29 is 4.79 Å². The zero-order chi connectivity index (χ0) is 21.1. The van der Waals surface area contributed by atoms with E-state index in [9.17, 15) is 10.1 Å². The Bertz CT molecular complexity index is 1280. The van der Waals surface area contributed by atoms with Gasteiger partial charge in [0.2, 0.25) is 0 Å². The van der Waals surface area contributed by atoms with Crippen LogP contribution < -0.4 is 10.6 Å². The first-order chi connectivity index (χ1) is 14.6. The monoisotopic (exact) mass is 417 g/mol. The highest BCUT2D eigenvalue weighted by atomic mass is 35.5. The number of hydrogen-bond acceptors (Lipinski definition) is 5. The van der Waals surface area contributed by atoms with Crippen molar-refractivity contribution in [3.8, 4) is 28.6 Å². The Morgan fingerprint density at radius 2 is 1.93 bits per heavy atom. The fourth-order valence-electron chi connectivity index (χ4n) is 3.06. The summed E-state index contributed by atoms with van der Waals surface area (Å²) in [5.41, 5.74) is 3.17. The van der Waals surface area contributed by atoms with E-state index in [2.05, 4.69) is 30.8 Å². The maximum atomic E-state index is 12.0. The molecule has 2 aromatic heterocycles. The molecule has 9 heteroatoms. The minimum atomic E-state index is -0.460. The van der Waals surface area contributed by atoms with Crippen LogP contribution in [-0.4, -0.2) is 32.7 Å². The number of halogens is 1. The van der Waals surface area contributed by atoms with E-state index in [4.69, 9.17) is 11.6 Å². The molecule has 0 spiro atoms. The van der Waals surface area contributed by atoms with Crippen LogP contribution >= 0.6 is 11.6 Å². The van der Waals surface area contributed by atoms with Crippen molar-refractivity contribution >= 4 is 34.4 Å².